The Balaban J connectivity index is 1.81. The van der Waals surface area contributed by atoms with Crippen LogP contribution in [0.1, 0.15) is 110 Å². The summed E-state index contributed by atoms with van der Waals surface area (Å²) < 4.78 is 0. The van der Waals surface area contributed by atoms with Crippen LogP contribution >= 0.6 is 15.9 Å². The number of halogens is 1. The first-order valence-corrected chi connectivity index (χ1v) is 11.5. The summed E-state index contributed by atoms with van der Waals surface area (Å²) in [7, 11) is 0. The zero-order chi connectivity index (χ0) is 15.7. The van der Waals surface area contributed by atoms with Crippen molar-refractivity contribution < 1.29 is 0 Å². The van der Waals surface area contributed by atoms with Crippen molar-refractivity contribution in [2.24, 2.45) is 17.3 Å². The van der Waals surface area contributed by atoms with Crippen LogP contribution in [0.2, 0.25) is 0 Å². The number of hydrogen-bond donors (Lipinski definition) is 0. The van der Waals surface area contributed by atoms with E-state index in [0.717, 1.165) is 17.3 Å². The van der Waals surface area contributed by atoms with Gasteiger partial charge in [0, 0.05) is 5.33 Å². The van der Waals surface area contributed by atoms with Crippen molar-refractivity contribution in [3.05, 3.63) is 0 Å². The lowest BCUT2D eigenvalue weighted by Gasteiger charge is -2.47. The van der Waals surface area contributed by atoms with Gasteiger partial charge in [-0.15, -0.1) is 0 Å². The highest BCUT2D eigenvalue weighted by Crippen LogP contribution is 2.52. The molecule has 0 radical (unpaired) electrons. The van der Waals surface area contributed by atoms with Gasteiger partial charge in [0.25, 0.3) is 0 Å². The van der Waals surface area contributed by atoms with Crippen LogP contribution in [0.15, 0.2) is 0 Å². The van der Waals surface area contributed by atoms with E-state index < -0.39 is 0 Å². The van der Waals surface area contributed by atoms with E-state index in [1.54, 1.807) is 44.9 Å². The summed E-state index contributed by atoms with van der Waals surface area (Å²) in [5.41, 5.74) is 0.772. The topological polar surface area (TPSA) is 0 Å². The third-order valence-corrected chi connectivity index (χ3v) is 7.40. The molecule has 2 fully saturated rings. The third kappa shape index (κ3) is 5.53. The Bertz CT molecular complexity index is 272. The summed E-state index contributed by atoms with van der Waals surface area (Å²) in [6.45, 7) is 2.35. The summed E-state index contributed by atoms with van der Waals surface area (Å²) in [4.78, 5) is 0. The molecule has 0 nitrogen and oxygen atoms in total. The van der Waals surface area contributed by atoms with Gasteiger partial charge in [-0.1, -0.05) is 87.1 Å². The molecule has 0 unspecified atom stereocenters. The Morgan fingerprint density at radius 1 is 0.864 bits per heavy atom. The minimum atomic E-state index is 0.772. The highest BCUT2D eigenvalue weighted by atomic mass is 79.9. The molecule has 2 saturated carbocycles. The molecule has 0 heterocycles. The predicted molar refractivity (Wildman–Crippen MR) is 103 cm³/mol. The Morgan fingerprint density at radius 2 is 1.59 bits per heavy atom. The smallest absolute Gasteiger partial charge is 0.00313 e. The van der Waals surface area contributed by atoms with Crippen LogP contribution in [0, 0.1) is 17.3 Å². The van der Waals surface area contributed by atoms with E-state index in [0.29, 0.717) is 0 Å². The van der Waals surface area contributed by atoms with E-state index in [-0.39, 0.29) is 0 Å². The Hall–Kier alpha value is 0.480. The number of unbranched alkanes of at least 4 members (excludes halogenated alkanes) is 3. The fourth-order valence-electron chi connectivity index (χ4n) is 5.44. The SMILES string of the molecule is CCCCCC1(C2CCC(CCCCBr)CC2)CCCCC1. The molecule has 0 saturated heterocycles. The van der Waals surface area contributed by atoms with Gasteiger partial charge in [-0.05, 0) is 55.8 Å². The van der Waals surface area contributed by atoms with Gasteiger partial charge < -0.3 is 0 Å². The lowest BCUT2D eigenvalue weighted by Crippen LogP contribution is -2.35. The van der Waals surface area contributed by atoms with E-state index in [2.05, 4.69) is 22.9 Å². The minimum absolute atomic E-state index is 0.772. The second-order valence-electron chi connectivity index (χ2n) is 8.28. The molecule has 0 spiro atoms. The maximum absolute atomic E-state index is 3.57. The van der Waals surface area contributed by atoms with Gasteiger partial charge in [0.2, 0.25) is 0 Å². The molecule has 0 aromatic carbocycles. The van der Waals surface area contributed by atoms with Crippen molar-refractivity contribution in [2.45, 2.75) is 110 Å². The van der Waals surface area contributed by atoms with Gasteiger partial charge >= 0.3 is 0 Å². The van der Waals surface area contributed by atoms with Crippen LogP contribution in [-0.4, -0.2) is 5.33 Å². The Morgan fingerprint density at radius 3 is 2.23 bits per heavy atom. The Kier molecular flexibility index (Phi) is 8.87. The normalized spacial score (nSPS) is 28.6. The van der Waals surface area contributed by atoms with Crippen LogP contribution in [0.25, 0.3) is 0 Å². The maximum Gasteiger partial charge on any atom is 0.00313 e. The van der Waals surface area contributed by atoms with Gasteiger partial charge in [-0.3, -0.25) is 0 Å². The minimum Gasteiger partial charge on any atom is -0.0928 e. The first-order valence-electron chi connectivity index (χ1n) is 10.4. The van der Waals surface area contributed by atoms with E-state index in [1.807, 2.05) is 0 Å². The van der Waals surface area contributed by atoms with Gasteiger partial charge in [0.1, 0.15) is 0 Å². The molecule has 0 N–H and O–H groups in total. The van der Waals surface area contributed by atoms with Gasteiger partial charge in [0.15, 0.2) is 0 Å². The third-order valence-electron chi connectivity index (χ3n) is 6.84. The molecule has 0 aromatic rings. The fourth-order valence-corrected chi connectivity index (χ4v) is 5.83. The standard InChI is InChI=1S/C21H39Br/c1-2-3-6-15-21(16-7-4-8-17-21)20-13-11-19(12-14-20)10-5-9-18-22/h19-20H,2-18H2,1H3. The van der Waals surface area contributed by atoms with Crippen molar-refractivity contribution >= 4 is 15.9 Å². The largest absolute Gasteiger partial charge is 0.0928 e. The van der Waals surface area contributed by atoms with Crippen LogP contribution in [0.3, 0.4) is 0 Å². The van der Waals surface area contributed by atoms with E-state index in [9.17, 15) is 0 Å². The second kappa shape index (κ2) is 10.4. The molecular formula is C21H39Br. The molecule has 1 heteroatoms. The lowest BCUT2D eigenvalue weighted by atomic mass is 9.58. The number of hydrogen-bond acceptors (Lipinski definition) is 0. The second-order valence-corrected chi connectivity index (χ2v) is 9.08. The van der Waals surface area contributed by atoms with Crippen LogP contribution in [-0.2, 0) is 0 Å². The Labute approximate surface area is 148 Å². The highest BCUT2D eigenvalue weighted by Gasteiger charge is 2.40. The molecule has 0 aliphatic heterocycles. The molecular weight excluding hydrogens is 332 g/mol. The number of alkyl halides is 1. The van der Waals surface area contributed by atoms with Gasteiger partial charge in [-0.2, -0.15) is 0 Å². The highest BCUT2D eigenvalue weighted by molar-refractivity contribution is 9.09. The zero-order valence-electron chi connectivity index (χ0n) is 15.1. The average Bonchev–Trinajstić information content (AvgIpc) is 2.57. The summed E-state index contributed by atoms with van der Waals surface area (Å²) in [6.07, 6.45) is 24.1. The van der Waals surface area contributed by atoms with Crippen molar-refractivity contribution in [3.63, 3.8) is 0 Å². The lowest BCUT2D eigenvalue weighted by molar-refractivity contribution is 0.0424. The van der Waals surface area contributed by atoms with E-state index in [1.165, 1.54) is 63.1 Å². The van der Waals surface area contributed by atoms with E-state index in [4.69, 9.17) is 0 Å². The van der Waals surface area contributed by atoms with Gasteiger partial charge in [0.05, 0.1) is 0 Å². The van der Waals surface area contributed by atoms with Crippen LogP contribution in [0.5, 0.6) is 0 Å². The van der Waals surface area contributed by atoms with Crippen molar-refractivity contribution in [1.82, 2.24) is 0 Å². The van der Waals surface area contributed by atoms with Crippen molar-refractivity contribution in [1.29, 1.82) is 0 Å². The molecule has 2 aliphatic rings. The summed E-state index contributed by atoms with van der Waals surface area (Å²) >= 11 is 3.57. The first-order chi connectivity index (χ1) is 10.8. The predicted octanol–water partition coefficient (Wildman–Crippen LogP) is 7.89. The fraction of sp³-hybridized carbons (Fsp3) is 1.00. The van der Waals surface area contributed by atoms with Crippen molar-refractivity contribution in [2.75, 3.05) is 5.33 Å². The molecule has 22 heavy (non-hydrogen) atoms. The summed E-state index contributed by atoms with van der Waals surface area (Å²) in [5, 5.41) is 1.20. The molecule has 0 amide bonds. The molecule has 2 aliphatic carbocycles. The summed E-state index contributed by atoms with van der Waals surface area (Å²) in [6, 6.07) is 0. The van der Waals surface area contributed by atoms with E-state index >= 15 is 0 Å². The number of rotatable bonds is 9. The molecule has 130 valence electrons. The van der Waals surface area contributed by atoms with Gasteiger partial charge in [-0.25, -0.2) is 0 Å². The molecule has 0 aromatic heterocycles. The maximum atomic E-state index is 3.57. The quantitative estimate of drug-likeness (QED) is 0.285. The summed E-state index contributed by atoms with van der Waals surface area (Å²) in [5.74, 6) is 2.14. The first kappa shape index (κ1) is 18.8. The zero-order valence-corrected chi connectivity index (χ0v) is 16.6. The van der Waals surface area contributed by atoms with Crippen LogP contribution in [0.4, 0.5) is 0 Å². The molecule has 2 rings (SSSR count). The average molecular weight is 371 g/mol. The van der Waals surface area contributed by atoms with Crippen LogP contribution < -0.4 is 0 Å². The van der Waals surface area contributed by atoms with Crippen molar-refractivity contribution in [3.8, 4) is 0 Å². The molecule has 0 bridgehead atoms. The molecule has 0 atom stereocenters. The monoisotopic (exact) mass is 370 g/mol.